The smallest absolute Gasteiger partial charge is 0.123 e. The van der Waals surface area contributed by atoms with Gasteiger partial charge in [0.2, 0.25) is 0 Å². The molecule has 4 heteroatoms. The van der Waals surface area contributed by atoms with Crippen LogP contribution in [0, 0.1) is 0 Å². The van der Waals surface area contributed by atoms with Crippen LogP contribution in [0.4, 0.5) is 0 Å². The van der Waals surface area contributed by atoms with Gasteiger partial charge in [-0.25, -0.2) is 4.98 Å². The monoisotopic (exact) mass is 515 g/mol. The number of hydrogen-bond acceptors (Lipinski definition) is 4. The Bertz CT molecular complexity index is 920. The minimum absolute atomic E-state index is 0.728. The average molecular weight is 516 g/mol. The lowest BCUT2D eigenvalue weighted by molar-refractivity contribution is 0.304. The van der Waals surface area contributed by atoms with Crippen molar-refractivity contribution in [3.05, 3.63) is 60.9 Å². The third-order valence-electron chi connectivity index (χ3n) is 7.17. The van der Waals surface area contributed by atoms with E-state index >= 15 is 0 Å². The molecule has 38 heavy (non-hydrogen) atoms. The lowest BCUT2D eigenvalue weighted by Gasteiger charge is -2.10. The summed E-state index contributed by atoms with van der Waals surface area (Å²) in [4.78, 5) is 13.7. The molecule has 3 heterocycles. The van der Waals surface area contributed by atoms with E-state index in [2.05, 4.69) is 16.9 Å². The number of hydrogen-bond donors (Lipinski definition) is 0. The maximum Gasteiger partial charge on any atom is 0.123 e. The molecule has 3 aromatic heterocycles. The first kappa shape index (κ1) is 29.8. The normalized spacial score (nSPS) is 11.1. The van der Waals surface area contributed by atoms with Crippen molar-refractivity contribution < 1.29 is 4.74 Å². The first-order valence-corrected chi connectivity index (χ1v) is 15.3. The van der Waals surface area contributed by atoms with Gasteiger partial charge in [-0.1, -0.05) is 122 Å². The zero-order valence-corrected chi connectivity index (χ0v) is 23.8. The number of ether oxygens (including phenoxy) is 1. The molecule has 0 fully saturated rings. The lowest BCUT2D eigenvalue weighted by Crippen LogP contribution is -2.00. The molecule has 0 aliphatic rings. The van der Waals surface area contributed by atoms with Crippen molar-refractivity contribution in [2.45, 2.75) is 116 Å². The maximum absolute atomic E-state index is 6.16. The second-order valence-corrected chi connectivity index (χ2v) is 10.5. The molecule has 0 N–H and O–H groups in total. The van der Waals surface area contributed by atoms with E-state index in [0.29, 0.717) is 0 Å². The summed E-state index contributed by atoms with van der Waals surface area (Å²) in [6.07, 6.45) is 27.0. The molecule has 3 rings (SSSR count). The van der Waals surface area contributed by atoms with Crippen LogP contribution in [-0.4, -0.2) is 21.6 Å². The molecule has 0 saturated carbocycles. The lowest BCUT2D eigenvalue weighted by atomic mass is 10.0. The number of nitrogens with zero attached hydrogens (tertiary/aromatic N) is 3. The number of rotatable bonds is 21. The van der Waals surface area contributed by atoms with Crippen molar-refractivity contribution in [2.24, 2.45) is 0 Å². The van der Waals surface area contributed by atoms with Crippen molar-refractivity contribution >= 4 is 0 Å². The van der Waals surface area contributed by atoms with Crippen molar-refractivity contribution in [1.29, 1.82) is 0 Å². The van der Waals surface area contributed by atoms with Crippen LogP contribution < -0.4 is 4.74 Å². The summed E-state index contributed by atoms with van der Waals surface area (Å²) in [5, 5.41) is 0. The molecule has 0 bridgehead atoms. The van der Waals surface area contributed by atoms with E-state index in [1.165, 1.54) is 103 Å². The van der Waals surface area contributed by atoms with Gasteiger partial charge in [-0.2, -0.15) is 0 Å². The van der Waals surface area contributed by atoms with E-state index in [-0.39, 0.29) is 0 Å². The van der Waals surface area contributed by atoms with Gasteiger partial charge in [0.1, 0.15) is 5.75 Å². The first-order valence-electron chi connectivity index (χ1n) is 15.3. The minimum atomic E-state index is 0.728. The Morgan fingerprint density at radius 2 is 0.921 bits per heavy atom. The third kappa shape index (κ3) is 12.2. The summed E-state index contributed by atoms with van der Waals surface area (Å²) >= 11 is 0. The maximum atomic E-state index is 6.16. The van der Waals surface area contributed by atoms with Crippen molar-refractivity contribution in [1.82, 2.24) is 15.0 Å². The van der Waals surface area contributed by atoms with Gasteiger partial charge in [-0.05, 0) is 30.7 Å². The van der Waals surface area contributed by atoms with Gasteiger partial charge in [0.15, 0.2) is 0 Å². The Balaban J connectivity index is 1.25. The van der Waals surface area contributed by atoms with E-state index in [9.17, 15) is 0 Å². The van der Waals surface area contributed by atoms with Crippen LogP contribution in [0.15, 0.2) is 60.9 Å². The number of unbranched alkanes of at least 4 members (excludes halogenated alkanes) is 16. The number of pyridine rings is 3. The second-order valence-electron chi connectivity index (χ2n) is 10.5. The Labute approximate surface area is 231 Å². The molecule has 0 radical (unpaired) electrons. The molecule has 0 atom stereocenters. The highest BCUT2D eigenvalue weighted by atomic mass is 16.5. The predicted molar refractivity (Wildman–Crippen MR) is 160 cm³/mol. The van der Waals surface area contributed by atoms with Gasteiger partial charge in [0.25, 0.3) is 0 Å². The highest BCUT2D eigenvalue weighted by molar-refractivity contribution is 5.64. The minimum Gasteiger partial charge on any atom is -0.493 e. The van der Waals surface area contributed by atoms with E-state index in [4.69, 9.17) is 9.72 Å². The molecule has 0 aliphatic carbocycles. The van der Waals surface area contributed by atoms with Crippen LogP contribution in [0.25, 0.3) is 22.8 Å². The Morgan fingerprint density at radius 1 is 0.500 bits per heavy atom. The summed E-state index contributed by atoms with van der Waals surface area (Å²) in [6, 6.07) is 15.7. The van der Waals surface area contributed by atoms with E-state index < -0.39 is 0 Å². The van der Waals surface area contributed by atoms with E-state index in [1.54, 1.807) is 12.4 Å². The topological polar surface area (TPSA) is 47.9 Å². The highest BCUT2D eigenvalue weighted by Gasteiger charge is 2.09. The van der Waals surface area contributed by atoms with Crippen molar-refractivity contribution in [2.75, 3.05) is 6.61 Å². The molecule has 206 valence electrons. The first-order chi connectivity index (χ1) is 18.9. The molecular formula is C34H49N3O. The Hall–Kier alpha value is -2.75. The van der Waals surface area contributed by atoms with Crippen LogP contribution in [0.3, 0.4) is 0 Å². The quantitative estimate of drug-likeness (QED) is 0.132. The molecule has 0 saturated heterocycles. The molecule has 0 spiro atoms. The third-order valence-corrected chi connectivity index (χ3v) is 7.17. The fourth-order valence-electron chi connectivity index (χ4n) is 4.90. The molecule has 0 aliphatic heterocycles. The molecule has 4 nitrogen and oxygen atoms in total. The Morgan fingerprint density at radius 3 is 1.32 bits per heavy atom. The van der Waals surface area contributed by atoms with E-state index in [0.717, 1.165) is 41.6 Å². The van der Waals surface area contributed by atoms with Gasteiger partial charge in [-0.15, -0.1) is 0 Å². The number of aromatic nitrogens is 3. The molecule has 3 aromatic rings. The molecule has 0 amide bonds. The van der Waals surface area contributed by atoms with Crippen LogP contribution >= 0.6 is 0 Å². The Kier molecular flexibility index (Phi) is 15.2. The summed E-state index contributed by atoms with van der Waals surface area (Å²) in [5.41, 5.74) is 3.30. The van der Waals surface area contributed by atoms with Crippen molar-refractivity contribution in [3.8, 4) is 28.5 Å². The van der Waals surface area contributed by atoms with Crippen LogP contribution in [0.2, 0.25) is 0 Å². The fourth-order valence-corrected chi connectivity index (χ4v) is 4.90. The van der Waals surface area contributed by atoms with Crippen molar-refractivity contribution in [3.63, 3.8) is 0 Å². The molecule has 0 unspecified atom stereocenters. The molecule has 0 aromatic carbocycles. The summed E-state index contributed by atoms with van der Waals surface area (Å²) in [7, 11) is 0. The second kappa shape index (κ2) is 19.3. The van der Waals surface area contributed by atoms with Crippen LogP contribution in [0.5, 0.6) is 5.75 Å². The SMILES string of the molecule is CCCCCCCCCCCCCCCCCCCOc1cc(-c2ccccn2)nc(-c2ccccn2)c1. The summed E-state index contributed by atoms with van der Waals surface area (Å²) in [5.74, 6) is 0.831. The van der Waals surface area contributed by atoms with Crippen LogP contribution in [-0.2, 0) is 0 Å². The zero-order valence-electron chi connectivity index (χ0n) is 23.8. The van der Waals surface area contributed by atoms with Gasteiger partial charge in [-0.3, -0.25) is 9.97 Å². The molecular weight excluding hydrogens is 466 g/mol. The van der Waals surface area contributed by atoms with Gasteiger partial charge in [0.05, 0.1) is 29.4 Å². The fraction of sp³-hybridized carbons (Fsp3) is 0.559. The summed E-state index contributed by atoms with van der Waals surface area (Å²) in [6.45, 7) is 3.02. The standard InChI is InChI=1S/C34H49N3O/c1-2-3-4-5-6-7-8-9-10-11-12-13-14-15-16-17-22-27-38-30-28-33(31-23-18-20-25-35-31)37-34(29-30)32-24-19-21-26-36-32/h18-21,23-26,28-29H,2-17,22,27H2,1H3. The van der Waals surface area contributed by atoms with Gasteiger partial charge >= 0.3 is 0 Å². The van der Waals surface area contributed by atoms with Crippen LogP contribution in [0.1, 0.15) is 116 Å². The van der Waals surface area contributed by atoms with Gasteiger partial charge < -0.3 is 4.74 Å². The average Bonchev–Trinajstić information content (AvgIpc) is 2.97. The van der Waals surface area contributed by atoms with Gasteiger partial charge in [0, 0.05) is 24.5 Å². The van der Waals surface area contributed by atoms with E-state index in [1.807, 2.05) is 48.5 Å². The largest absolute Gasteiger partial charge is 0.493 e. The summed E-state index contributed by atoms with van der Waals surface area (Å²) < 4.78 is 6.16. The zero-order chi connectivity index (χ0) is 26.5. The highest BCUT2D eigenvalue weighted by Crippen LogP contribution is 2.26. The predicted octanol–water partition coefficient (Wildman–Crippen LogP) is 10.2.